The highest BCUT2D eigenvalue weighted by atomic mass is 16.4. The van der Waals surface area contributed by atoms with Gasteiger partial charge in [0.1, 0.15) is 6.04 Å². The molecule has 4 nitrogen and oxygen atoms in total. The van der Waals surface area contributed by atoms with Gasteiger partial charge in [-0.25, -0.2) is 4.79 Å². The summed E-state index contributed by atoms with van der Waals surface area (Å²) in [6.07, 6.45) is 4.02. The lowest BCUT2D eigenvalue weighted by molar-refractivity contribution is -0.143. The average Bonchev–Trinajstić information content (AvgIpc) is 2.27. The summed E-state index contributed by atoms with van der Waals surface area (Å²) in [6, 6.07) is -0.756. The maximum atomic E-state index is 12.0. The van der Waals surface area contributed by atoms with Gasteiger partial charge >= 0.3 is 5.97 Å². The third kappa shape index (κ3) is 6.62. The normalized spacial score (nSPS) is 12.8. The molecule has 0 fully saturated rings. The zero-order valence-electron chi connectivity index (χ0n) is 12.0. The second kappa shape index (κ2) is 8.95. The van der Waals surface area contributed by atoms with Crippen molar-refractivity contribution in [3.63, 3.8) is 0 Å². The van der Waals surface area contributed by atoms with Crippen LogP contribution in [0.25, 0.3) is 0 Å². The average molecular weight is 257 g/mol. The molecule has 4 heteroatoms. The van der Waals surface area contributed by atoms with Gasteiger partial charge in [0.25, 0.3) is 0 Å². The summed E-state index contributed by atoms with van der Waals surface area (Å²) in [5.41, 5.74) is 0. The Morgan fingerprint density at radius 1 is 1.11 bits per heavy atom. The number of amides is 1. The molecule has 0 unspecified atom stereocenters. The van der Waals surface area contributed by atoms with Crippen LogP contribution >= 0.6 is 0 Å². The number of aliphatic carboxylic acids is 1. The smallest absolute Gasteiger partial charge is 0.326 e. The number of rotatable bonds is 9. The van der Waals surface area contributed by atoms with Gasteiger partial charge < -0.3 is 10.4 Å². The Bertz CT molecular complexity index is 258. The predicted octanol–water partition coefficient (Wildman–Crippen LogP) is 2.82. The minimum absolute atomic E-state index is 0.0472. The molecule has 106 valence electrons. The van der Waals surface area contributed by atoms with Crippen LogP contribution in [0.3, 0.4) is 0 Å². The zero-order valence-corrected chi connectivity index (χ0v) is 12.0. The lowest BCUT2D eigenvalue weighted by atomic mass is 9.96. The second-order valence-corrected chi connectivity index (χ2v) is 5.30. The first-order valence-electron chi connectivity index (χ1n) is 6.95. The fraction of sp³-hybridized carbons (Fsp3) is 0.857. The van der Waals surface area contributed by atoms with E-state index < -0.39 is 12.0 Å². The Hall–Kier alpha value is -1.06. The highest BCUT2D eigenvalue weighted by Gasteiger charge is 2.24. The predicted molar refractivity (Wildman–Crippen MR) is 72.3 cm³/mol. The van der Waals surface area contributed by atoms with Crippen LogP contribution in [-0.2, 0) is 9.59 Å². The van der Waals surface area contributed by atoms with Gasteiger partial charge in [-0.2, -0.15) is 0 Å². The van der Waals surface area contributed by atoms with E-state index in [0.29, 0.717) is 6.42 Å². The van der Waals surface area contributed by atoms with Gasteiger partial charge in [-0.3, -0.25) is 4.79 Å². The van der Waals surface area contributed by atoms with E-state index in [0.717, 1.165) is 25.7 Å². The molecule has 0 saturated carbocycles. The molecule has 0 saturated heterocycles. The molecule has 0 aromatic heterocycles. The molecule has 0 aromatic carbocycles. The zero-order chi connectivity index (χ0) is 14.1. The molecule has 0 heterocycles. The van der Waals surface area contributed by atoms with Crippen LogP contribution in [0.5, 0.6) is 0 Å². The Morgan fingerprint density at radius 2 is 1.61 bits per heavy atom. The molecule has 0 aliphatic carbocycles. The SMILES string of the molecule is CCCC(CCC)C(=O)N[C@@H](CC(C)C)C(=O)O. The van der Waals surface area contributed by atoms with Crippen molar-refractivity contribution in [2.24, 2.45) is 11.8 Å². The highest BCUT2D eigenvalue weighted by molar-refractivity contribution is 5.84. The van der Waals surface area contributed by atoms with E-state index in [9.17, 15) is 9.59 Å². The summed E-state index contributed by atoms with van der Waals surface area (Å²) in [5.74, 6) is -0.841. The van der Waals surface area contributed by atoms with Gasteiger partial charge in [0, 0.05) is 5.92 Å². The van der Waals surface area contributed by atoms with Crippen LogP contribution in [0.2, 0.25) is 0 Å². The summed E-state index contributed by atoms with van der Waals surface area (Å²) >= 11 is 0. The molecular formula is C14H27NO3. The Kier molecular flexibility index (Phi) is 8.42. The first-order chi connectivity index (χ1) is 8.42. The summed E-state index contributed by atoms with van der Waals surface area (Å²) in [6.45, 7) is 7.99. The quantitative estimate of drug-likeness (QED) is 0.667. The molecule has 0 rings (SSSR count). The van der Waals surface area contributed by atoms with Crippen molar-refractivity contribution in [2.75, 3.05) is 0 Å². The molecule has 1 atom stereocenters. The van der Waals surface area contributed by atoms with E-state index >= 15 is 0 Å². The largest absolute Gasteiger partial charge is 0.480 e. The van der Waals surface area contributed by atoms with E-state index in [1.807, 2.05) is 27.7 Å². The number of carbonyl (C=O) groups is 2. The third-order valence-corrected chi connectivity index (χ3v) is 2.97. The maximum absolute atomic E-state index is 12.0. The van der Waals surface area contributed by atoms with Gasteiger partial charge in [0.15, 0.2) is 0 Å². The van der Waals surface area contributed by atoms with Crippen molar-refractivity contribution in [2.45, 2.75) is 65.8 Å². The summed E-state index contributed by atoms with van der Waals surface area (Å²) in [4.78, 5) is 23.1. The third-order valence-electron chi connectivity index (χ3n) is 2.97. The van der Waals surface area contributed by atoms with E-state index in [1.165, 1.54) is 0 Å². The molecule has 0 aromatic rings. The number of hydrogen-bond donors (Lipinski definition) is 2. The van der Waals surface area contributed by atoms with E-state index in [2.05, 4.69) is 5.32 Å². The molecule has 0 spiro atoms. The standard InChI is InChI=1S/C14H27NO3/c1-5-7-11(8-6-2)13(16)15-12(14(17)18)9-10(3)4/h10-12H,5-9H2,1-4H3,(H,15,16)(H,17,18)/t12-/m0/s1. The van der Waals surface area contributed by atoms with Gasteiger partial charge in [0.2, 0.25) is 5.91 Å². The fourth-order valence-electron chi connectivity index (χ4n) is 2.09. The lowest BCUT2D eigenvalue weighted by Crippen LogP contribution is -2.44. The monoisotopic (exact) mass is 257 g/mol. The first-order valence-corrected chi connectivity index (χ1v) is 6.95. The molecular weight excluding hydrogens is 230 g/mol. The van der Waals surface area contributed by atoms with Crippen molar-refractivity contribution in [1.82, 2.24) is 5.32 Å². The molecule has 0 bridgehead atoms. The van der Waals surface area contributed by atoms with Crippen molar-refractivity contribution in [3.05, 3.63) is 0 Å². The minimum atomic E-state index is -0.941. The van der Waals surface area contributed by atoms with Crippen molar-refractivity contribution in [3.8, 4) is 0 Å². The van der Waals surface area contributed by atoms with Crippen LogP contribution in [0.4, 0.5) is 0 Å². The minimum Gasteiger partial charge on any atom is -0.480 e. The topological polar surface area (TPSA) is 66.4 Å². The van der Waals surface area contributed by atoms with E-state index in [-0.39, 0.29) is 17.7 Å². The summed E-state index contributed by atoms with van der Waals surface area (Å²) < 4.78 is 0. The van der Waals surface area contributed by atoms with Crippen LogP contribution in [0, 0.1) is 11.8 Å². The summed E-state index contributed by atoms with van der Waals surface area (Å²) in [7, 11) is 0. The van der Waals surface area contributed by atoms with E-state index in [1.54, 1.807) is 0 Å². The molecule has 0 aliphatic rings. The van der Waals surface area contributed by atoms with Gasteiger partial charge in [-0.15, -0.1) is 0 Å². The van der Waals surface area contributed by atoms with Crippen LogP contribution in [-0.4, -0.2) is 23.0 Å². The Labute approximate surface area is 110 Å². The van der Waals surface area contributed by atoms with Crippen LogP contribution in [0.15, 0.2) is 0 Å². The summed E-state index contributed by atoms with van der Waals surface area (Å²) in [5, 5.41) is 11.8. The molecule has 1 amide bonds. The van der Waals surface area contributed by atoms with Gasteiger partial charge in [-0.05, 0) is 25.2 Å². The number of nitrogens with one attached hydrogen (secondary N) is 1. The van der Waals surface area contributed by atoms with Gasteiger partial charge in [-0.1, -0.05) is 40.5 Å². The number of hydrogen-bond acceptors (Lipinski definition) is 2. The molecule has 0 aliphatic heterocycles. The fourth-order valence-corrected chi connectivity index (χ4v) is 2.09. The number of carboxylic acids is 1. The number of carbonyl (C=O) groups excluding carboxylic acids is 1. The van der Waals surface area contributed by atoms with Crippen molar-refractivity contribution < 1.29 is 14.7 Å². The van der Waals surface area contributed by atoms with Crippen molar-refractivity contribution >= 4 is 11.9 Å². The van der Waals surface area contributed by atoms with Crippen LogP contribution in [0.1, 0.15) is 59.8 Å². The van der Waals surface area contributed by atoms with Crippen LogP contribution < -0.4 is 5.32 Å². The highest BCUT2D eigenvalue weighted by Crippen LogP contribution is 2.15. The first kappa shape index (κ1) is 16.9. The maximum Gasteiger partial charge on any atom is 0.326 e. The molecule has 2 N–H and O–H groups in total. The van der Waals surface area contributed by atoms with Gasteiger partial charge in [0.05, 0.1) is 0 Å². The Balaban J connectivity index is 4.49. The second-order valence-electron chi connectivity index (χ2n) is 5.30. The van der Waals surface area contributed by atoms with Crippen molar-refractivity contribution in [1.29, 1.82) is 0 Å². The molecule has 18 heavy (non-hydrogen) atoms. The van der Waals surface area contributed by atoms with E-state index in [4.69, 9.17) is 5.11 Å². The number of carboxylic acid groups (broad SMARTS) is 1. The Morgan fingerprint density at radius 3 is 1.94 bits per heavy atom. The molecule has 0 radical (unpaired) electrons. The lowest BCUT2D eigenvalue weighted by Gasteiger charge is -2.20.